The molecule has 88 valence electrons. The Morgan fingerprint density at radius 2 is 2.25 bits per heavy atom. The third-order valence-corrected chi connectivity index (χ3v) is 2.92. The summed E-state index contributed by atoms with van der Waals surface area (Å²) in [7, 11) is 2.10. The van der Waals surface area contributed by atoms with Crippen LogP contribution in [0.1, 0.15) is 12.8 Å². The van der Waals surface area contributed by atoms with E-state index < -0.39 is 0 Å². The average molecular weight is 223 g/mol. The van der Waals surface area contributed by atoms with Crippen molar-refractivity contribution < 1.29 is 4.39 Å². The van der Waals surface area contributed by atoms with Gasteiger partial charge in [0.15, 0.2) is 0 Å². The van der Waals surface area contributed by atoms with Crippen LogP contribution >= 0.6 is 0 Å². The largest absolute Gasteiger partial charge is 0.399 e. The molecule has 1 aromatic rings. The molecule has 1 atom stereocenters. The van der Waals surface area contributed by atoms with E-state index in [1.54, 1.807) is 6.07 Å². The molecule has 3 nitrogen and oxygen atoms in total. The van der Waals surface area contributed by atoms with Crippen molar-refractivity contribution in [3.05, 3.63) is 24.0 Å². The number of anilines is 2. The number of nitrogens with one attached hydrogen (secondary N) is 1. The minimum Gasteiger partial charge on any atom is -0.399 e. The smallest absolute Gasteiger partial charge is 0.127 e. The van der Waals surface area contributed by atoms with Crippen molar-refractivity contribution in [1.82, 2.24) is 4.90 Å². The number of rotatable bonds is 2. The number of nitrogen functional groups attached to an aromatic ring is 1. The third kappa shape index (κ3) is 2.85. The second-order valence-corrected chi connectivity index (χ2v) is 4.52. The number of nitrogens with two attached hydrogens (primary N) is 1. The highest BCUT2D eigenvalue weighted by molar-refractivity contribution is 5.55. The van der Waals surface area contributed by atoms with Crippen molar-refractivity contribution in [3.63, 3.8) is 0 Å². The second kappa shape index (κ2) is 4.70. The van der Waals surface area contributed by atoms with Crippen LogP contribution < -0.4 is 11.1 Å². The van der Waals surface area contributed by atoms with Gasteiger partial charge in [-0.05, 0) is 44.6 Å². The Morgan fingerprint density at radius 3 is 2.94 bits per heavy atom. The number of likely N-dealkylation sites (tertiary alicyclic amines) is 1. The minimum absolute atomic E-state index is 0.285. The summed E-state index contributed by atoms with van der Waals surface area (Å²) in [6.45, 7) is 2.14. The molecule has 4 heteroatoms. The molecule has 2 rings (SSSR count). The molecule has 3 N–H and O–H groups in total. The standard InChI is InChI=1S/C12H18FN3/c1-16-4-2-3-11(8-16)15-12-6-9(13)5-10(14)7-12/h5-7,11,15H,2-4,8,14H2,1H3. The highest BCUT2D eigenvalue weighted by atomic mass is 19.1. The average Bonchev–Trinajstić information content (AvgIpc) is 2.15. The Balaban J connectivity index is 2.02. The number of piperidine rings is 1. The van der Waals surface area contributed by atoms with E-state index in [0.717, 1.165) is 25.2 Å². The molecular weight excluding hydrogens is 205 g/mol. The predicted octanol–water partition coefficient (Wildman–Crippen LogP) is 1.91. The summed E-state index contributed by atoms with van der Waals surface area (Å²) in [6, 6.07) is 4.99. The Labute approximate surface area is 95.4 Å². The summed E-state index contributed by atoms with van der Waals surface area (Å²) in [6.07, 6.45) is 2.31. The van der Waals surface area contributed by atoms with Gasteiger partial charge in [0.1, 0.15) is 5.82 Å². The summed E-state index contributed by atoms with van der Waals surface area (Å²) in [5.74, 6) is -0.285. The number of likely N-dealkylation sites (N-methyl/N-ethyl adjacent to an activating group) is 1. The van der Waals surface area contributed by atoms with Gasteiger partial charge in [-0.15, -0.1) is 0 Å². The van der Waals surface area contributed by atoms with Crippen LogP contribution in [0.4, 0.5) is 15.8 Å². The number of halogens is 1. The summed E-state index contributed by atoms with van der Waals surface area (Å²) in [4.78, 5) is 2.28. The van der Waals surface area contributed by atoms with Gasteiger partial charge in [-0.3, -0.25) is 0 Å². The fourth-order valence-electron chi connectivity index (χ4n) is 2.22. The molecule has 0 aromatic heterocycles. The molecule has 1 heterocycles. The Morgan fingerprint density at radius 1 is 1.44 bits per heavy atom. The summed E-state index contributed by atoms with van der Waals surface area (Å²) in [5, 5.41) is 3.33. The van der Waals surface area contributed by atoms with Crippen molar-refractivity contribution in [2.45, 2.75) is 18.9 Å². The van der Waals surface area contributed by atoms with Crippen LogP contribution in [0.5, 0.6) is 0 Å². The van der Waals surface area contributed by atoms with E-state index in [2.05, 4.69) is 17.3 Å². The van der Waals surface area contributed by atoms with E-state index in [-0.39, 0.29) is 5.82 Å². The Kier molecular flexibility index (Phi) is 3.29. The zero-order valence-corrected chi connectivity index (χ0v) is 9.54. The third-order valence-electron chi connectivity index (χ3n) is 2.92. The fraction of sp³-hybridized carbons (Fsp3) is 0.500. The molecule has 1 fully saturated rings. The summed E-state index contributed by atoms with van der Waals surface area (Å²) in [5.41, 5.74) is 6.84. The highest BCUT2D eigenvalue weighted by Gasteiger charge is 2.16. The Hall–Kier alpha value is -1.29. The SMILES string of the molecule is CN1CCCC(Nc2cc(N)cc(F)c2)C1. The lowest BCUT2D eigenvalue weighted by Crippen LogP contribution is -2.39. The van der Waals surface area contributed by atoms with Crippen LogP contribution in [0.15, 0.2) is 18.2 Å². The van der Waals surface area contributed by atoms with Crippen LogP contribution in [0, 0.1) is 5.82 Å². The molecule has 0 aliphatic carbocycles. The molecule has 1 aliphatic rings. The van der Waals surface area contributed by atoms with E-state index >= 15 is 0 Å². The van der Waals surface area contributed by atoms with Crippen molar-refractivity contribution in [1.29, 1.82) is 0 Å². The topological polar surface area (TPSA) is 41.3 Å². The molecule has 1 saturated heterocycles. The molecule has 16 heavy (non-hydrogen) atoms. The monoisotopic (exact) mass is 223 g/mol. The van der Waals surface area contributed by atoms with Gasteiger partial charge < -0.3 is 16.0 Å². The lowest BCUT2D eigenvalue weighted by atomic mass is 10.1. The first-order valence-corrected chi connectivity index (χ1v) is 5.64. The normalized spacial score (nSPS) is 22.0. The van der Waals surface area contributed by atoms with Crippen molar-refractivity contribution in [2.24, 2.45) is 0 Å². The van der Waals surface area contributed by atoms with Gasteiger partial charge in [-0.2, -0.15) is 0 Å². The van der Waals surface area contributed by atoms with Crippen LogP contribution in [-0.4, -0.2) is 31.1 Å². The molecule has 0 amide bonds. The molecule has 0 spiro atoms. The maximum absolute atomic E-state index is 13.1. The van der Waals surface area contributed by atoms with E-state index in [9.17, 15) is 4.39 Å². The highest BCUT2D eigenvalue weighted by Crippen LogP contribution is 2.19. The van der Waals surface area contributed by atoms with E-state index in [1.807, 2.05) is 0 Å². The molecule has 0 bridgehead atoms. The quantitative estimate of drug-likeness (QED) is 0.753. The molecular formula is C12H18FN3. The van der Waals surface area contributed by atoms with Crippen LogP contribution in [0.2, 0.25) is 0 Å². The lowest BCUT2D eigenvalue weighted by Gasteiger charge is -2.30. The van der Waals surface area contributed by atoms with Gasteiger partial charge in [-0.25, -0.2) is 4.39 Å². The van der Waals surface area contributed by atoms with E-state index in [0.29, 0.717) is 11.7 Å². The van der Waals surface area contributed by atoms with Gasteiger partial charge in [0.05, 0.1) is 0 Å². The van der Waals surface area contributed by atoms with Crippen molar-refractivity contribution >= 4 is 11.4 Å². The number of nitrogens with zero attached hydrogens (tertiary/aromatic N) is 1. The predicted molar refractivity (Wildman–Crippen MR) is 65.0 cm³/mol. The molecule has 1 unspecified atom stereocenters. The molecule has 0 radical (unpaired) electrons. The Bertz CT molecular complexity index is 347. The number of hydrogen-bond donors (Lipinski definition) is 2. The fourth-order valence-corrected chi connectivity index (χ4v) is 2.22. The number of hydrogen-bond acceptors (Lipinski definition) is 3. The second-order valence-electron chi connectivity index (χ2n) is 4.52. The summed E-state index contributed by atoms with van der Waals surface area (Å²) < 4.78 is 13.1. The van der Waals surface area contributed by atoms with Crippen molar-refractivity contribution in [2.75, 3.05) is 31.2 Å². The maximum Gasteiger partial charge on any atom is 0.127 e. The van der Waals surface area contributed by atoms with E-state index in [1.165, 1.54) is 18.6 Å². The number of benzene rings is 1. The van der Waals surface area contributed by atoms with Gasteiger partial charge in [0.25, 0.3) is 0 Å². The zero-order valence-electron chi connectivity index (χ0n) is 9.54. The minimum atomic E-state index is -0.285. The first-order chi connectivity index (χ1) is 7.63. The summed E-state index contributed by atoms with van der Waals surface area (Å²) >= 11 is 0. The molecule has 1 aliphatic heterocycles. The first kappa shape index (κ1) is 11.2. The van der Waals surface area contributed by atoms with Crippen molar-refractivity contribution in [3.8, 4) is 0 Å². The first-order valence-electron chi connectivity index (χ1n) is 5.64. The molecule has 0 saturated carbocycles. The van der Waals surface area contributed by atoms with Gasteiger partial charge >= 0.3 is 0 Å². The van der Waals surface area contributed by atoms with E-state index in [4.69, 9.17) is 5.73 Å². The maximum atomic E-state index is 13.1. The molecule has 1 aromatic carbocycles. The zero-order chi connectivity index (χ0) is 11.5. The van der Waals surface area contributed by atoms with Gasteiger partial charge in [0, 0.05) is 24.0 Å². The van der Waals surface area contributed by atoms with Crippen LogP contribution in [-0.2, 0) is 0 Å². The van der Waals surface area contributed by atoms with Gasteiger partial charge in [0.2, 0.25) is 0 Å². The van der Waals surface area contributed by atoms with Crippen LogP contribution in [0.25, 0.3) is 0 Å². The van der Waals surface area contributed by atoms with Crippen LogP contribution in [0.3, 0.4) is 0 Å². The lowest BCUT2D eigenvalue weighted by molar-refractivity contribution is 0.261. The van der Waals surface area contributed by atoms with Gasteiger partial charge in [-0.1, -0.05) is 0 Å².